The second kappa shape index (κ2) is 4.88. The fourth-order valence-electron chi connectivity index (χ4n) is 4.92. The first-order chi connectivity index (χ1) is 12.3. The van der Waals surface area contributed by atoms with Crippen molar-refractivity contribution in [3.05, 3.63) is 17.5 Å². The molecule has 26 heavy (non-hydrogen) atoms. The topological polar surface area (TPSA) is 104 Å². The van der Waals surface area contributed by atoms with E-state index in [9.17, 15) is 4.79 Å². The van der Waals surface area contributed by atoms with Crippen LogP contribution in [0.25, 0.3) is 11.2 Å². The van der Waals surface area contributed by atoms with Crippen LogP contribution in [0.1, 0.15) is 26.3 Å². The predicted molar refractivity (Wildman–Crippen MR) is 94.4 cm³/mol. The minimum Gasteiger partial charge on any atom is -0.397 e. The van der Waals surface area contributed by atoms with Gasteiger partial charge in [0.25, 0.3) is 0 Å². The number of rotatable bonds is 2. The number of hydrogen-bond donors (Lipinski definition) is 2. The highest BCUT2D eigenvalue weighted by atomic mass is 35.5. The Balaban J connectivity index is 1.65. The molecule has 8 nitrogen and oxygen atoms in total. The summed E-state index contributed by atoms with van der Waals surface area (Å²) >= 11 is 6.11. The zero-order valence-electron chi connectivity index (χ0n) is 14.7. The Bertz CT molecular complexity index is 944. The van der Waals surface area contributed by atoms with Gasteiger partial charge in [0.1, 0.15) is 22.9 Å². The number of amides is 1. The van der Waals surface area contributed by atoms with Crippen molar-refractivity contribution in [2.75, 3.05) is 12.8 Å². The van der Waals surface area contributed by atoms with Crippen molar-refractivity contribution < 1.29 is 14.3 Å². The summed E-state index contributed by atoms with van der Waals surface area (Å²) in [6.07, 6.45) is 1.88. The molecule has 3 fully saturated rings. The number of pyridine rings is 1. The molecule has 0 spiro atoms. The Morgan fingerprint density at radius 2 is 2.23 bits per heavy atom. The van der Waals surface area contributed by atoms with E-state index in [1.807, 2.05) is 18.4 Å². The second-order valence-corrected chi connectivity index (χ2v) is 8.19. The van der Waals surface area contributed by atoms with E-state index in [0.29, 0.717) is 22.0 Å². The zero-order chi connectivity index (χ0) is 18.4. The fraction of sp³-hybridized carbons (Fsp3) is 0.588. The van der Waals surface area contributed by atoms with Crippen molar-refractivity contribution in [3.63, 3.8) is 0 Å². The Hall–Kier alpha value is -1.90. The van der Waals surface area contributed by atoms with Crippen LogP contribution < -0.4 is 11.1 Å². The van der Waals surface area contributed by atoms with Gasteiger partial charge in [0.2, 0.25) is 5.91 Å². The smallest absolute Gasteiger partial charge is 0.229 e. The van der Waals surface area contributed by atoms with Gasteiger partial charge in [-0.05, 0) is 20.3 Å². The minimum absolute atomic E-state index is 0.00349. The molecule has 2 saturated carbocycles. The molecule has 138 valence electrons. The summed E-state index contributed by atoms with van der Waals surface area (Å²) in [6, 6.07) is 1.47. The van der Waals surface area contributed by atoms with Crippen LogP contribution in [-0.4, -0.2) is 45.5 Å². The van der Waals surface area contributed by atoms with E-state index in [1.165, 1.54) is 0 Å². The van der Waals surface area contributed by atoms with E-state index >= 15 is 0 Å². The van der Waals surface area contributed by atoms with Gasteiger partial charge in [0, 0.05) is 19.0 Å². The van der Waals surface area contributed by atoms with Gasteiger partial charge >= 0.3 is 0 Å². The molecule has 0 aromatic carbocycles. The number of anilines is 1. The van der Waals surface area contributed by atoms with Gasteiger partial charge in [-0.1, -0.05) is 11.6 Å². The third-order valence-electron chi connectivity index (χ3n) is 5.94. The number of nitrogens with zero attached hydrogens (tertiary/aromatic N) is 3. The number of ether oxygens (including phenoxy) is 2. The molecule has 0 bridgehead atoms. The average Bonchev–Trinajstić information content (AvgIpc) is 2.88. The average molecular weight is 378 g/mol. The minimum atomic E-state index is -0.747. The first-order valence-electron chi connectivity index (χ1n) is 8.65. The van der Waals surface area contributed by atoms with Crippen LogP contribution >= 0.6 is 11.6 Å². The summed E-state index contributed by atoms with van der Waals surface area (Å²) in [6.45, 7) is 3.74. The Kier molecular flexibility index (Phi) is 3.05. The van der Waals surface area contributed by atoms with Gasteiger partial charge in [-0.3, -0.25) is 4.79 Å². The third kappa shape index (κ3) is 1.89. The van der Waals surface area contributed by atoms with Crippen LogP contribution in [0.3, 0.4) is 0 Å². The van der Waals surface area contributed by atoms with Gasteiger partial charge in [0.05, 0.1) is 23.5 Å². The van der Waals surface area contributed by atoms with E-state index < -0.39 is 11.2 Å². The molecule has 1 aliphatic heterocycles. The summed E-state index contributed by atoms with van der Waals surface area (Å²) in [4.78, 5) is 21.5. The number of fused-ring (bicyclic) bond motifs is 4. The molecule has 3 N–H and O–H groups in total. The van der Waals surface area contributed by atoms with Crippen molar-refractivity contribution in [1.29, 1.82) is 0 Å². The molecule has 1 saturated heterocycles. The fourth-order valence-corrected chi connectivity index (χ4v) is 5.11. The zero-order valence-corrected chi connectivity index (χ0v) is 15.4. The first-order valence-corrected chi connectivity index (χ1v) is 9.02. The normalized spacial score (nSPS) is 36.8. The molecule has 2 aromatic rings. The van der Waals surface area contributed by atoms with Crippen LogP contribution in [0.4, 0.5) is 5.69 Å². The van der Waals surface area contributed by atoms with Crippen LogP contribution in [0.2, 0.25) is 5.15 Å². The van der Waals surface area contributed by atoms with Gasteiger partial charge in [0.15, 0.2) is 11.4 Å². The molecule has 5 atom stereocenters. The molecule has 2 aromatic heterocycles. The highest BCUT2D eigenvalue weighted by Gasteiger charge is 2.79. The molecule has 1 amide bonds. The van der Waals surface area contributed by atoms with Crippen LogP contribution in [0, 0.1) is 11.3 Å². The number of carbonyl (C=O) groups excluding carboxylic acids is 1. The van der Waals surface area contributed by atoms with Crippen molar-refractivity contribution in [2.45, 2.75) is 44.3 Å². The maximum atomic E-state index is 12.7. The summed E-state index contributed by atoms with van der Waals surface area (Å²) in [7, 11) is 1.66. The molecule has 0 radical (unpaired) electrons. The SMILES string of the molecule is CNC(=O)[C@@]12C[C@@H]1[C@@H](n1cnc3c(N)cc(Cl)nc31)[C@@H]1OC(C)(C)O[C@@H]12. The number of hydrogen-bond acceptors (Lipinski definition) is 6. The molecule has 0 unspecified atom stereocenters. The van der Waals surface area contributed by atoms with Crippen molar-refractivity contribution >= 4 is 34.4 Å². The molecular weight excluding hydrogens is 358 g/mol. The van der Waals surface area contributed by atoms with Gasteiger partial charge in [-0.15, -0.1) is 0 Å². The van der Waals surface area contributed by atoms with E-state index in [2.05, 4.69) is 15.3 Å². The van der Waals surface area contributed by atoms with Gasteiger partial charge in [-0.2, -0.15) is 0 Å². The van der Waals surface area contributed by atoms with E-state index in [0.717, 1.165) is 6.42 Å². The Labute approximate surface area is 155 Å². The number of nitrogen functional groups attached to an aromatic ring is 1. The lowest BCUT2D eigenvalue weighted by atomic mass is 9.98. The first kappa shape index (κ1) is 16.3. The van der Waals surface area contributed by atoms with Crippen LogP contribution in [0.5, 0.6) is 0 Å². The quantitative estimate of drug-likeness (QED) is 0.768. The van der Waals surface area contributed by atoms with E-state index in [1.54, 1.807) is 19.4 Å². The van der Waals surface area contributed by atoms with E-state index in [-0.39, 0.29) is 30.1 Å². The van der Waals surface area contributed by atoms with Crippen molar-refractivity contribution in [3.8, 4) is 0 Å². The van der Waals surface area contributed by atoms with E-state index in [4.69, 9.17) is 26.8 Å². The second-order valence-electron chi connectivity index (χ2n) is 7.80. The summed E-state index contributed by atoms with van der Waals surface area (Å²) in [5.74, 6) is -0.660. The van der Waals surface area contributed by atoms with Gasteiger partial charge < -0.3 is 25.1 Å². The van der Waals surface area contributed by atoms with Crippen LogP contribution in [-0.2, 0) is 14.3 Å². The lowest BCUT2D eigenvalue weighted by Gasteiger charge is -2.24. The molecule has 3 aliphatic rings. The maximum absolute atomic E-state index is 12.7. The maximum Gasteiger partial charge on any atom is 0.229 e. The monoisotopic (exact) mass is 377 g/mol. The number of carbonyl (C=O) groups is 1. The van der Waals surface area contributed by atoms with Crippen molar-refractivity contribution in [1.82, 2.24) is 19.9 Å². The largest absolute Gasteiger partial charge is 0.397 e. The predicted octanol–water partition coefficient (Wildman–Crippen LogP) is 1.49. The standard InChI is InChI=1S/C17H20ClN5O3/c1-16(2)25-12-11(7-5-17(7,13(12)26-16)15(24)20-3)23-6-21-10-8(19)4-9(18)22-14(10)23/h4,6-7,11-13H,5H2,1-3H3,(H2,19,22)(H,20,24)/t7-,11-,12+,13+,17+/m1/s1. The van der Waals surface area contributed by atoms with Crippen LogP contribution in [0.15, 0.2) is 12.4 Å². The number of imidazole rings is 1. The third-order valence-corrected chi connectivity index (χ3v) is 6.14. The number of halogens is 1. The molecule has 2 aliphatic carbocycles. The Morgan fingerprint density at radius 3 is 2.96 bits per heavy atom. The number of nitrogens with two attached hydrogens (primary N) is 1. The lowest BCUT2D eigenvalue weighted by molar-refractivity contribution is -0.164. The summed E-state index contributed by atoms with van der Waals surface area (Å²) in [5, 5.41) is 3.10. The summed E-state index contributed by atoms with van der Waals surface area (Å²) in [5.41, 5.74) is 7.15. The van der Waals surface area contributed by atoms with Gasteiger partial charge in [-0.25, -0.2) is 9.97 Å². The molecule has 9 heteroatoms. The van der Waals surface area contributed by atoms with Crippen molar-refractivity contribution in [2.24, 2.45) is 11.3 Å². The molecular formula is C17H20ClN5O3. The molecule has 5 rings (SSSR count). The highest BCUT2D eigenvalue weighted by molar-refractivity contribution is 6.30. The summed E-state index contributed by atoms with van der Waals surface area (Å²) < 4.78 is 14.3. The number of nitrogens with one attached hydrogen (secondary N) is 1. The Morgan fingerprint density at radius 1 is 1.46 bits per heavy atom. The number of aromatic nitrogens is 3. The highest BCUT2D eigenvalue weighted by Crippen LogP contribution is 2.71. The lowest BCUT2D eigenvalue weighted by Crippen LogP contribution is -2.40. The molecule has 3 heterocycles.